The van der Waals surface area contributed by atoms with Gasteiger partial charge < -0.3 is 0 Å². The maximum Gasteiger partial charge on any atom is 0.250 e. The fourth-order valence-corrected chi connectivity index (χ4v) is 4.08. The molecule has 0 unspecified atom stereocenters. The van der Waals surface area contributed by atoms with Gasteiger partial charge in [-0.2, -0.15) is 0 Å². The van der Waals surface area contributed by atoms with E-state index in [0.717, 1.165) is 28.6 Å². The zero-order chi connectivity index (χ0) is 11.3. The molecular formula is C8H11ClINO2S2. The summed E-state index contributed by atoms with van der Waals surface area (Å²) in [6, 6.07) is 3.11. The number of hydrogen-bond donors (Lipinski definition) is 1. The largest absolute Gasteiger partial charge is 0.250 e. The van der Waals surface area contributed by atoms with Gasteiger partial charge in [-0.15, -0.1) is 11.3 Å². The molecule has 0 spiro atoms. The van der Waals surface area contributed by atoms with Crippen molar-refractivity contribution in [3.63, 3.8) is 0 Å². The summed E-state index contributed by atoms with van der Waals surface area (Å²) in [6.45, 7) is 0.487. The van der Waals surface area contributed by atoms with Crippen molar-refractivity contribution >= 4 is 55.6 Å². The van der Waals surface area contributed by atoms with E-state index in [9.17, 15) is 8.42 Å². The van der Waals surface area contributed by atoms with Crippen LogP contribution < -0.4 is 4.72 Å². The number of nitrogens with one attached hydrogen (secondary N) is 1. The maximum atomic E-state index is 11.6. The predicted molar refractivity (Wildman–Crippen MR) is 72.6 cm³/mol. The van der Waals surface area contributed by atoms with Crippen LogP contribution in [-0.2, 0) is 10.0 Å². The summed E-state index contributed by atoms with van der Waals surface area (Å²) >= 11 is 9.02. The van der Waals surface area contributed by atoms with E-state index in [4.69, 9.17) is 11.6 Å². The predicted octanol–water partition coefficient (Wildman–Crippen LogP) is 2.90. The van der Waals surface area contributed by atoms with Gasteiger partial charge in [0.15, 0.2) is 0 Å². The lowest BCUT2D eigenvalue weighted by molar-refractivity contribution is 0.581. The molecule has 15 heavy (non-hydrogen) atoms. The highest BCUT2D eigenvalue weighted by atomic mass is 127. The number of thiophene rings is 1. The van der Waals surface area contributed by atoms with Gasteiger partial charge >= 0.3 is 0 Å². The maximum absolute atomic E-state index is 11.6. The first-order valence-electron chi connectivity index (χ1n) is 4.37. The summed E-state index contributed by atoms with van der Waals surface area (Å²) in [4.78, 5) is 0. The molecule has 0 aliphatic rings. The number of unbranched alkanes of at least 4 members (excludes halogenated alkanes) is 1. The Balaban J connectivity index is 2.53. The molecule has 3 nitrogen and oxygen atoms in total. The second kappa shape index (κ2) is 6.39. The van der Waals surface area contributed by atoms with Crippen LogP contribution >= 0.6 is 45.5 Å². The van der Waals surface area contributed by atoms with E-state index < -0.39 is 10.0 Å². The molecule has 0 aliphatic heterocycles. The standard InChI is InChI=1S/C8H11ClINO2S2/c9-7-3-4-8(14-7)15(12,13)11-6-2-1-5-10/h3-4,11H,1-2,5-6H2. The van der Waals surface area contributed by atoms with Crippen molar-refractivity contribution in [1.82, 2.24) is 4.72 Å². The van der Waals surface area contributed by atoms with E-state index in [1.807, 2.05) is 0 Å². The Kier molecular flexibility index (Phi) is 5.83. The number of halogens is 2. The Morgan fingerprint density at radius 1 is 1.40 bits per heavy atom. The lowest BCUT2D eigenvalue weighted by atomic mass is 10.3. The van der Waals surface area contributed by atoms with Crippen LogP contribution in [0, 0.1) is 0 Å². The van der Waals surface area contributed by atoms with Crippen LogP contribution in [0.5, 0.6) is 0 Å². The fraction of sp³-hybridized carbons (Fsp3) is 0.500. The first-order valence-corrected chi connectivity index (χ1v) is 8.57. The highest BCUT2D eigenvalue weighted by Crippen LogP contribution is 2.25. The molecule has 1 aromatic rings. The Labute approximate surface area is 112 Å². The summed E-state index contributed by atoms with van der Waals surface area (Å²) in [7, 11) is -3.34. The van der Waals surface area contributed by atoms with Gasteiger partial charge in [-0.05, 0) is 29.4 Å². The summed E-state index contributed by atoms with van der Waals surface area (Å²) in [5.41, 5.74) is 0. The van der Waals surface area contributed by atoms with Crippen molar-refractivity contribution in [3.8, 4) is 0 Å². The van der Waals surface area contributed by atoms with Crippen molar-refractivity contribution in [2.45, 2.75) is 17.1 Å². The molecule has 1 rings (SSSR count). The average molecular weight is 380 g/mol. The van der Waals surface area contributed by atoms with E-state index >= 15 is 0 Å². The van der Waals surface area contributed by atoms with E-state index in [0.29, 0.717) is 10.9 Å². The Morgan fingerprint density at radius 2 is 2.13 bits per heavy atom. The first-order chi connectivity index (χ1) is 7.06. The molecule has 0 aliphatic carbocycles. The minimum absolute atomic E-state index is 0.280. The van der Waals surface area contributed by atoms with Gasteiger partial charge in [0, 0.05) is 6.54 Å². The number of alkyl halides is 1. The highest BCUT2D eigenvalue weighted by molar-refractivity contribution is 14.1. The monoisotopic (exact) mass is 379 g/mol. The summed E-state index contributed by atoms with van der Waals surface area (Å²) < 4.78 is 27.7. The number of hydrogen-bond acceptors (Lipinski definition) is 3. The van der Waals surface area contributed by atoms with E-state index in [-0.39, 0.29) is 4.21 Å². The summed E-state index contributed by atoms with van der Waals surface area (Å²) in [6.07, 6.45) is 1.88. The molecule has 1 aromatic heterocycles. The van der Waals surface area contributed by atoms with Crippen molar-refractivity contribution in [2.75, 3.05) is 11.0 Å². The van der Waals surface area contributed by atoms with Gasteiger partial charge in [0.1, 0.15) is 4.21 Å². The summed E-state index contributed by atoms with van der Waals surface area (Å²) in [5, 5.41) is 0. The molecule has 1 N–H and O–H groups in total. The van der Waals surface area contributed by atoms with Crippen molar-refractivity contribution in [1.29, 1.82) is 0 Å². The Hall–Kier alpha value is 0.630. The topological polar surface area (TPSA) is 46.2 Å². The van der Waals surface area contributed by atoms with Gasteiger partial charge in [0.25, 0.3) is 0 Å². The zero-order valence-electron chi connectivity index (χ0n) is 7.87. The molecule has 0 saturated carbocycles. The van der Waals surface area contributed by atoms with Gasteiger partial charge in [-0.1, -0.05) is 34.2 Å². The average Bonchev–Trinajstić information content (AvgIpc) is 2.60. The number of rotatable bonds is 6. The van der Waals surface area contributed by atoms with Crippen LogP contribution in [0.15, 0.2) is 16.3 Å². The molecule has 0 bridgehead atoms. The van der Waals surface area contributed by atoms with Gasteiger partial charge in [-0.25, -0.2) is 13.1 Å². The highest BCUT2D eigenvalue weighted by Gasteiger charge is 2.15. The molecule has 0 atom stereocenters. The fourth-order valence-electron chi connectivity index (χ4n) is 0.939. The normalized spacial score (nSPS) is 11.9. The first kappa shape index (κ1) is 13.7. The van der Waals surface area contributed by atoms with Crippen LogP contribution in [0.4, 0.5) is 0 Å². The Bertz CT molecular complexity index is 405. The SMILES string of the molecule is O=S(=O)(NCCCCI)c1ccc(Cl)s1. The second-order valence-corrected chi connectivity index (χ2v) is 7.64. The third-order valence-corrected chi connectivity index (χ3v) is 5.61. The van der Waals surface area contributed by atoms with Gasteiger partial charge in [-0.3, -0.25) is 0 Å². The van der Waals surface area contributed by atoms with Crippen LogP contribution in [0.3, 0.4) is 0 Å². The smallest absolute Gasteiger partial charge is 0.210 e. The minimum Gasteiger partial charge on any atom is -0.210 e. The quantitative estimate of drug-likeness (QED) is 0.469. The van der Waals surface area contributed by atoms with Crippen molar-refractivity contribution in [3.05, 3.63) is 16.5 Å². The molecule has 0 fully saturated rings. The lowest BCUT2D eigenvalue weighted by Crippen LogP contribution is -2.23. The molecule has 0 aromatic carbocycles. The van der Waals surface area contributed by atoms with Crippen molar-refractivity contribution in [2.24, 2.45) is 0 Å². The molecule has 0 saturated heterocycles. The zero-order valence-corrected chi connectivity index (χ0v) is 12.4. The van der Waals surface area contributed by atoms with Crippen LogP contribution in [0.1, 0.15) is 12.8 Å². The molecule has 1 heterocycles. The molecule has 7 heteroatoms. The van der Waals surface area contributed by atoms with Crippen LogP contribution in [0.2, 0.25) is 4.34 Å². The summed E-state index contributed by atoms with van der Waals surface area (Å²) in [5.74, 6) is 0. The van der Waals surface area contributed by atoms with Crippen LogP contribution in [-0.4, -0.2) is 19.4 Å². The molecule has 0 radical (unpaired) electrons. The van der Waals surface area contributed by atoms with Gasteiger partial charge in [0.2, 0.25) is 10.0 Å². The third-order valence-electron chi connectivity index (χ3n) is 1.67. The number of sulfonamides is 1. The lowest BCUT2D eigenvalue weighted by Gasteiger charge is -2.03. The van der Waals surface area contributed by atoms with E-state index in [1.165, 1.54) is 6.07 Å². The Morgan fingerprint density at radius 3 is 2.67 bits per heavy atom. The molecular weight excluding hydrogens is 369 g/mol. The third kappa shape index (κ3) is 4.56. The van der Waals surface area contributed by atoms with E-state index in [2.05, 4.69) is 27.3 Å². The second-order valence-electron chi connectivity index (χ2n) is 2.85. The van der Waals surface area contributed by atoms with E-state index in [1.54, 1.807) is 6.07 Å². The van der Waals surface area contributed by atoms with Crippen molar-refractivity contribution < 1.29 is 8.42 Å². The minimum atomic E-state index is -3.34. The molecule has 0 amide bonds. The van der Waals surface area contributed by atoms with Crippen LogP contribution in [0.25, 0.3) is 0 Å². The van der Waals surface area contributed by atoms with Gasteiger partial charge in [0.05, 0.1) is 4.34 Å². The molecule has 86 valence electrons.